The highest BCUT2D eigenvalue weighted by Gasteiger charge is 2.25. The number of esters is 1. The number of aliphatic hydroxyl groups is 2. The number of rotatable bonds is 4. The van der Waals surface area contributed by atoms with Crippen LogP contribution in [0, 0.1) is 0 Å². The van der Waals surface area contributed by atoms with Gasteiger partial charge in [0.2, 0.25) is 0 Å². The lowest BCUT2D eigenvalue weighted by molar-refractivity contribution is -0.151. The van der Waals surface area contributed by atoms with Gasteiger partial charge in [0, 0.05) is 6.42 Å². The summed E-state index contributed by atoms with van der Waals surface area (Å²) >= 11 is 0. The topological polar surface area (TPSA) is 66.8 Å². The van der Waals surface area contributed by atoms with E-state index in [0.29, 0.717) is 0 Å². The first-order valence-electron chi connectivity index (χ1n) is 3.94. The molecular weight excluding hydrogens is 160 g/mol. The summed E-state index contributed by atoms with van der Waals surface area (Å²) in [6.45, 7) is 4.42. The van der Waals surface area contributed by atoms with Gasteiger partial charge in [-0.15, -0.1) is 0 Å². The van der Waals surface area contributed by atoms with Crippen molar-refractivity contribution in [1.29, 1.82) is 0 Å². The Kier molecular flexibility index (Phi) is 4.20. The predicted octanol–water partition coefficient (Wildman–Crippen LogP) is 0.0714. The number of ether oxygens (including phenoxy) is 1. The van der Waals surface area contributed by atoms with Gasteiger partial charge >= 0.3 is 5.97 Å². The summed E-state index contributed by atoms with van der Waals surface area (Å²) in [7, 11) is 0. The summed E-state index contributed by atoms with van der Waals surface area (Å²) in [6.07, 6.45) is -0.758. The summed E-state index contributed by atoms with van der Waals surface area (Å²) in [6, 6.07) is 0. The Morgan fingerprint density at radius 2 is 2.08 bits per heavy atom. The van der Waals surface area contributed by atoms with Crippen LogP contribution in [-0.4, -0.2) is 34.5 Å². The maximum Gasteiger partial charge on any atom is 0.305 e. The molecule has 0 fully saturated rings. The van der Waals surface area contributed by atoms with E-state index in [1.54, 1.807) is 6.92 Å². The van der Waals surface area contributed by atoms with Gasteiger partial charge in [0.15, 0.2) is 0 Å². The fourth-order valence-electron chi connectivity index (χ4n) is 0.478. The fourth-order valence-corrected chi connectivity index (χ4v) is 0.478. The minimum absolute atomic E-state index is 0.157. The molecule has 0 heterocycles. The highest BCUT2D eigenvalue weighted by Crippen LogP contribution is 2.08. The van der Waals surface area contributed by atoms with Crippen LogP contribution in [0.4, 0.5) is 0 Å². The van der Waals surface area contributed by atoms with Crippen LogP contribution in [0.25, 0.3) is 0 Å². The zero-order valence-corrected chi connectivity index (χ0v) is 7.70. The Morgan fingerprint density at radius 1 is 1.58 bits per heavy atom. The smallest absolute Gasteiger partial charge is 0.305 e. The van der Waals surface area contributed by atoms with Gasteiger partial charge in [-0.1, -0.05) is 6.92 Å². The summed E-state index contributed by atoms with van der Waals surface area (Å²) in [5.41, 5.74) is -1.23. The molecule has 12 heavy (non-hydrogen) atoms. The van der Waals surface area contributed by atoms with Crippen molar-refractivity contribution >= 4 is 5.97 Å². The van der Waals surface area contributed by atoms with Crippen LogP contribution in [0.1, 0.15) is 27.2 Å². The predicted molar refractivity (Wildman–Crippen MR) is 43.6 cm³/mol. The quantitative estimate of drug-likeness (QED) is 0.595. The van der Waals surface area contributed by atoms with Crippen LogP contribution < -0.4 is 0 Å². The summed E-state index contributed by atoms with van der Waals surface area (Å²) in [4.78, 5) is 10.6. The Bertz CT molecular complexity index is 148. The minimum atomic E-state index is -1.23. The first-order valence-corrected chi connectivity index (χ1v) is 3.94. The molecule has 0 spiro atoms. The standard InChI is InChI=1S/C8H16O4/c1-4-7(10)12-5-6(9)8(2,3)11/h6,9,11H,4-5H2,1-3H3. The van der Waals surface area contributed by atoms with Gasteiger partial charge < -0.3 is 14.9 Å². The maximum atomic E-state index is 10.6. The number of carbonyl (C=O) groups is 1. The van der Waals surface area contributed by atoms with Gasteiger partial charge in [0.1, 0.15) is 12.7 Å². The normalized spacial score (nSPS) is 14.1. The number of hydrogen-bond donors (Lipinski definition) is 2. The molecule has 0 aliphatic heterocycles. The fraction of sp³-hybridized carbons (Fsp3) is 0.875. The lowest BCUT2D eigenvalue weighted by Crippen LogP contribution is -2.39. The first kappa shape index (κ1) is 11.4. The van der Waals surface area contributed by atoms with E-state index in [-0.39, 0.29) is 19.0 Å². The van der Waals surface area contributed by atoms with Crippen LogP contribution in [0.3, 0.4) is 0 Å². The van der Waals surface area contributed by atoms with E-state index >= 15 is 0 Å². The molecule has 0 rings (SSSR count). The van der Waals surface area contributed by atoms with Crippen LogP contribution in [0.15, 0.2) is 0 Å². The molecule has 0 aromatic heterocycles. The molecule has 0 saturated heterocycles. The van der Waals surface area contributed by atoms with Crippen molar-refractivity contribution in [2.24, 2.45) is 0 Å². The van der Waals surface area contributed by atoms with E-state index in [1.807, 2.05) is 0 Å². The Morgan fingerprint density at radius 3 is 2.42 bits per heavy atom. The largest absolute Gasteiger partial charge is 0.463 e. The third-order valence-electron chi connectivity index (χ3n) is 1.51. The van der Waals surface area contributed by atoms with Gasteiger partial charge in [-0.05, 0) is 13.8 Å². The zero-order chi connectivity index (χ0) is 9.78. The molecule has 2 N–H and O–H groups in total. The molecule has 0 aliphatic rings. The van der Waals surface area contributed by atoms with Crippen LogP contribution in [-0.2, 0) is 9.53 Å². The maximum absolute atomic E-state index is 10.6. The van der Waals surface area contributed by atoms with Gasteiger partial charge in [-0.3, -0.25) is 4.79 Å². The van der Waals surface area contributed by atoms with Gasteiger partial charge in [-0.2, -0.15) is 0 Å². The molecule has 0 aromatic carbocycles. The molecule has 0 bridgehead atoms. The van der Waals surface area contributed by atoms with Crippen molar-refractivity contribution in [3.63, 3.8) is 0 Å². The van der Waals surface area contributed by atoms with Gasteiger partial charge in [0.05, 0.1) is 5.60 Å². The molecule has 0 amide bonds. The second-order valence-electron chi connectivity index (χ2n) is 3.21. The second kappa shape index (κ2) is 4.42. The van der Waals surface area contributed by atoms with E-state index in [1.165, 1.54) is 13.8 Å². The number of carbonyl (C=O) groups excluding carboxylic acids is 1. The van der Waals surface area contributed by atoms with Crippen molar-refractivity contribution in [2.75, 3.05) is 6.61 Å². The van der Waals surface area contributed by atoms with E-state index in [0.717, 1.165) is 0 Å². The number of aliphatic hydroxyl groups excluding tert-OH is 1. The Hall–Kier alpha value is -0.610. The molecule has 4 nitrogen and oxygen atoms in total. The average Bonchev–Trinajstić information content (AvgIpc) is 1.97. The summed E-state index contributed by atoms with van der Waals surface area (Å²) in [5, 5.41) is 18.4. The lowest BCUT2D eigenvalue weighted by Gasteiger charge is -2.23. The summed E-state index contributed by atoms with van der Waals surface area (Å²) in [5.74, 6) is -0.377. The van der Waals surface area contributed by atoms with Crippen molar-refractivity contribution < 1.29 is 19.7 Å². The minimum Gasteiger partial charge on any atom is -0.463 e. The molecule has 0 aliphatic carbocycles. The summed E-state index contributed by atoms with van der Waals surface area (Å²) < 4.78 is 4.63. The third-order valence-corrected chi connectivity index (χ3v) is 1.51. The van der Waals surface area contributed by atoms with Crippen LogP contribution >= 0.6 is 0 Å². The average molecular weight is 176 g/mol. The monoisotopic (exact) mass is 176 g/mol. The van der Waals surface area contributed by atoms with Crippen molar-refractivity contribution in [3.05, 3.63) is 0 Å². The van der Waals surface area contributed by atoms with Crippen LogP contribution in [0.2, 0.25) is 0 Å². The molecule has 4 heteroatoms. The first-order chi connectivity index (χ1) is 5.38. The van der Waals surface area contributed by atoms with E-state index in [2.05, 4.69) is 4.74 Å². The molecule has 1 unspecified atom stereocenters. The van der Waals surface area contributed by atoms with E-state index in [9.17, 15) is 15.0 Å². The molecule has 0 saturated carbocycles. The van der Waals surface area contributed by atoms with E-state index in [4.69, 9.17) is 0 Å². The van der Waals surface area contributed by atoms with Crippen molar-refractivity contribution in [2.45, 2.75) is 38.9 Å². The molecule has 1 atom stereocenters. The zero-order valence-electron chi connectivity index (χ0n) is 7.70. The van der Waals surface area contributed by atoms with E-state index < -0.39 is 11.7 Å². The SMILES string of the molecule is CCC(=O)OCC(O)C(C)(C)O. The highest BCUT2D eigenvalue weighted by atomic mass is 16.5. The molecule has 0 aromatic rings. The Labute approximate surface area is 72.2 Å². The second-order valence-corrected chi connectivity index (χ2v) is 3.21. The third kappa shape index (κ3) is 4.31. The molecular formula is C8H16O4. The van der Waals surface area contributed by atoms with Crippen LogP contribution in [0.5, 0.6) is 0 Å². The lowest BCUT2D eigenvalue weighted by atomic mass is 10.0. The van der Waals surface area contributed by atoms with Gasteiger partial charge in [-0.25, -0.2) is 0 Å². The number of hydrogen-bond acceptors (Lipinski definition) is 4. The van der Waals surface area contributed by atoms with Crippen molar-refractivity contribution in [3.8, 4) is 0 Å². The molecule has 0 radical (unpaired) electrons. The Balaban J connectivity index is 3.72. The highest BCUT2D eigenvalue weighted by molar-refractivity contribution is 5.68. The van der Waals surface area contributed by atoms with Crippen molar-refractivity contribution in [1.82, 2.24) is 0 Å². The molecule has 72 valence electrons. The van der Waals surface area contributed by atoms with Gasteiger partial charge in [0.25, 0.3) is 0 Å².